The summed E-state index contributed by atoms with van der Waals surface area (Å²) in [7, 11) is 0. The van der Waals surface area contributed by atoms with Crippen LogP contribution in [0.15, 0.2) is 47.0 Å². The molecule has 2 aromatic carbocycles. The summed E-state index contributed by atoms with van der Waals surface area (Å²) < 4.78 is 61.5. The van der Waals surface area contributed by atoms with Gasteiger partial charge in [-0.25, -0.2) is 4.39 Å². The van der Waals surface area contributed by atoms with Crippen molar-refractivity contribution in [2.24, 2.45) is 0 Å². The van der Waals surface area contributed by atoms with Crippen LogP contribution < -0.4 is 4.74 Å². The minimum absolute atomic E-state index is 0.0663. The summed E-state index contributed by atoms with van der Waals surface area (Å²) in [5.41, 5.74) is -1.27. The average molecular weight is 383 g/mol. The van der Waals surface area contributed by atoms with Crippen molar-refractivity contribution in [3.8, 4) is 17.1 Å². The molecule has 0 fully saturated rings. The predicted molar refractivity (Wildman–Crippen MR) is 82.1 cm³/mol. The Morgan fingerprint density at radius 2 is 1.96 bits per heavy atom. The molecule has 3 rings (SSSR count). The third kappa shape index (κ3) is 4.19. The molecule has 0 amide bonds. The van der Waals surface area contributed by atoms with E-state index in [9.17, 15) is 27.7 Å². The van der Waals surface area contributed by atoms with E-state index < -0.39 is 34.8 Å². The zero-order valence-electron chi connectivity index (χ0n) is 13.2. The lowest BCUT2D eigenvalue weighted by Gasteiger charge is -2.06. The molecular weight excluding hydrogens is 374 g/mol. The van der Waals surface area contributed by atoms with Crippen molar-refractivity contribution in [3.05, 3.63) is 69.9 Å². The summed E-state index contributed by atoms with van der Waals surface area (Å²) in [6, 6.07) is 6.98. The highest BCUT2D eigenvalue weighted by atomic mass is 19.4. The molecule has 0 aliphatic carbocycles. The SMILES string of the molecule is O=[N+]([O-])c1ccc(F)cc1OCc1nc(-c2cccc(C(F)(F)F)c2)no1. The highest BCUT2D eigenvalue weighted by Crippen LogP contribution is 2.32. The molecule has 0 saturated carbocycles. The number of aromatic nitrogens is 2. The van der Waals surface area contributed by atoms with Gasteiger partial charge in [-0.15, -0.1) is 0 Å². The Kier molecular flexibility index (Phi) is 4.75. The number of benzene rings is 2. The minimum Gasteiger partial charge on any atom is -0.477 e. The quantitative estimate of drug-likeness (QED) is 0.369. The Bertz CT molecular complexity index is 988. The second kappa shape index (κ2) is 7.02. The van der Waals surface area contributed by atoms with Crippen LogP contribution in [0.4, 0.5) is 23.2 Å². The number of alkyl halides is 3. The van der Waals surface area contributed by atoms with Crippen molar-refractivity contribution in [3.63, 3.8) is 0 Å². The van der Waals surface area contributed by atoms with Crippen molar-refractivity contribution in [1.29, 1.82) is 0 Å². The number of halogens is 4. The van der Waals surface area contributed by atoms with Gasteiger partial charge in [0.2, 0.25) is 11.6 Å². The number of nitro benzene ring substituents is 1. The summed E-state index contributed by atoms with van der Waals surface area (Å²) in [4.78, 5) is 14.0. The van der Waals surface area contributed by atoms with Crippen molar-refractivity contribution >= 4 is 5.69 Å². The largest absolute Gasteiger partial charge is 0.477 e. The third-order valence-corrected chi connectivity index (χ3v) is 3.39. The maximum Gasteiger partial charge on any atom is 0.416 e. The number of rotatable bonds is 5. The molecule has 1 heterocycles. The van der Waals surface area contributed by atoms with E-state index in [0.29, 0.717) is 0 Å². The molecule has 0 unspecified atom stereocenters. The summed E-state index contributed by atoms with van der Waals surface area (Å²) in [5, 5.41) is 14.5. The molecule has 0 radical (unpaired) electrons. The lowest BCUT2D eigenvalue weighted by molar-refractivity contribution is -0.386. The van der Waals surface area contributed by atoms with Gasteiger partial charge in [0, 0.05) is 17.7 Å². The molecule has 140 valence electrons. The van der Waals surface area contributed by atoms with E-state index in [1.165, 1.54) is 12.1 Å². The van der Waals surface area contributed by atoms with Gasteiger partial charge in [-0.2, -0.15) is 18.2 Å². The lowest BCUT2D eigenvalue weighted by Crippen LogP contribution is -2.04. The number of hydrogen-bond acceptors (Lipinski definition) is 6. The molecule has 1 aromatic heterocycles. The fraction of sp³-hybridized carbons (Fsp3) is 0.125. The summed E-state index contributed by atoms with van der Waals surface area (Å²) in [6.07, 6.45) is -4.53. The zero-order valence-corrected chi connectivity index (χ0v) is 13.2. The van der Waals surface area contributed by atoms with E-state index in [2.05, 4.69) is 10.1 Å². The van der Waals surface area contributed by atoms with Crippen LogP contribution in [0.5, 0.6) is 5.75 Å². The molecule has 0 bridgehead atoms. The van der Waals surface area contributed by atoms with Crippen LogP contribution >= 0.6 is 0 Å². The number of nitro groups is 1. The third-order valence-electron chi connectivity index (χ3n) is 3.39. The van der Waals surface area contributed by atoms with E-state index in [4.69, 9.17) is 9.26 Å². The maximum atomic E-state index is 13.3. The standard InChI is InChI=1S/C16H9F4N3O4/c17-11-4-5-12(23(24)25)13(7-11)26-8-14-21-15(22-27-14)9-2-1-3-10(6-9)16(18,19)20/h1-7H,8H2. The Morgan fingerprint density at radius 1 is 1.19 bits per heavy atom. The van der Waals surface area contributed by atoms with Crippen molar-refractivity contribution < 1.29 is 31.7 Å². The monoisotopic (exact) mass is 383 g/mol. The smallest absolute Gasteiger partial charge is 0.416 e. The van der Waals surface area contributed by atoms with Gasteiger partial charge in [-0.05, 0) is 18.2 Å². The second-order valence-corrected chi connectivity index (χ2v) is 5.25. The molecule has 0 N–H and O–H groups in total. The van der Waals surface area contributed by atoms with E-state index in [-0.39, 0.29) is 23.0 Å². The Hall–Kier alpha value is -3.50. The molecule has 3 aromatic rings. The van der Waals surface area contributed by atoms with Gasteiger partial charge >= 0.3 is 11.9 Å². The number of ether oxygens (including phenoxy) is 1. The maximum absolute atomic E-state index is 13.3. The van der Waals surface area contributed by atoms with Gasteiger partial charge in [0.15, 0.2) is 6.61 Å². The van der Waals surface area contributed by atoms with E-state index in [0.717, 1.165) is 30.3 Å². The minimum atomic E-state index is -4.53. The van der Waals surface area contributed by atoms with Gasteiger partial charge in [0.25, 0.3) is 5.89 Å². The summed E-state index contributed by atoms with van der Waals surface area (Å²) in [5.74, 6) is -1.36. The van der Waals surface area contributed by atoms with E-state index >= 15 is 0 Å². The molecule has 11 heteroatoms. The Labute approximate surface area is 148 Å². The van der Waals surface area contributed by atoms with Crippen LogP contribution in [0.25, 0.3) is 11.4 Å². The van der Waals surface area contributed by atoms with Gasteiger partial charge in [0.1, 0.15) is 5.82 Å². The molecule has 7 nitrogen and oxygen atoms in total. The van der Waals surface area contributed by atoms with Crippen molar-refractivity contribution in [1.82, 2.24) is 10.1 Å². The van der Waals surface area contributed by atoms with Crippen LogP contribution in [0.2, 0.25) is 0 Å². The van der Waals surface area contributed by atoms with E-state index in [1.807, 2.05) is 0 Å². The zero-order chi connectivity index (χ0) is 19.6. The molecule has 0 spiro atoms. The van der Waals surface area contributed by atoms with Gasteiger partial charge in [0.05, 0.1) is 10.5 Å². The summed E-state index contributed by atoms with van der Waals surface area (Å²) in [6.45, 7) is -0.434. The van der Waals surface area contributed by atoms with Gasteiger partial charge < -0.3 is 9.26 Å². The summed E-state index contributed by atoms with van der Waals surface area (Å²) >= 11 is 0. The van der Waals surface area contributed by atoms with Gasteiger partial charge in [-0.1, -0.05) is 17.3 Å². The average Bonchev–Trinajstić information content (AvgIpc) is 3.08. The molecule has 27 heavy (non-hydrogen) atoms. The molecule has 0 aliphatic heterocycles. The molecule has 0 atom stereocenters. The normalized spacial score (nSPS) is 11.4. The first kappa shape index (κ1) is 18.3. The van der Waals surface area contributed by atoms with Crippen LogP contribution in [0.1, 0.15) is 11.5 Å². The van der Waals surface area contributed by atoms with Crippen LogP contribution in [-0.2, 0) is 12.8 Å². The molecular formula is C16H9F4N3O4. The van der Waals surface area contributed by atoms with E-state index in [1.54, 1.807) is 0 Å². The fourth-order valence-electron chi connectivity index (χ4n) is 2.16. The first-order valence-corrected chi connectivity index (χ1v) is 7.31. The first-order valence-electron chi connectivity index (χ1n) is 7.31. The highest BCUT2D eigenvalue weighted by molar-refractivity contribution is 5.55. The predicted octanol–water partition coefficient (Wildman–Crippen LogP) is 4.38. The Morgan fingerprint density at radius 3 is 2.67 bits per heavy atom. The lowest BCUT2D eigenvalue weighted by atomic mass is 10.1. The highest BCUT2D eigenvalue weighted by Gasteiger charge is 2.30. The Balaban J connectivity index is 1.78. The number of hydrogen-bond donors (Lipinski definition) is 0. The number of nitrogens with zero attached hydrogens (tertiary/aromatic N) is 3. The molecule has 0 aliphatic rings. The van der Waals surface area contributed by atoms with Crippen molar-refractivity contribution in [2.45, 2.75) is 12.8 Å². The van der Waals surface area contributed by atoms with Crippen LogP contribution in [0.3, 0.4) is 0 Å². The van der Waals surface area contributed by atoms with Crippen LogP contribution in [0, 0.1) is 15.9 Å². The van der Waals surface area contributed by atoms with Gasteiger partial charge in [-0.3, -0.25) is 10.1 Å². The first-order chi connectivity index (χ1) is 12.7. The van der Waals surface area contributed by atoms with Crippen LogP contribution in [-0.4, -0.2) is 15.1 Å². The fourth-order valence-corrected chi connectivity index (χ4v) is 2.16. The second-order valence-electron chi connectivity index (χ2n) is 5.25. The topological polar surface area (TPSA) is 91.3 Å². The molecule has 0 saturated heterocycles. The van der Waals surface area contributed by atoms with Crippen molar-refractivity contribution in [2.75, 3.05) is 0 Å².